The number of nitrogens with zero attached hydrogens (tertiary/aromatic N) is 2. The zero-order valence-electron chi connectivity index (χ0n) is 10.4. The van der Waals surface area contributed by atoms with Gasteiger partial charge in [0, 0.05) is 31.9 Å². The van der Waals surface area contributed by atoms with Crippen LogP contribution in [0.25, 0.3) is 0 Å². The van der Waals surface area contributed by atoms with Crippen molar-refractivity contribution >= 4 is 0 Å². The molecule has 3 atom stereocenters. The van der Waals surface area contributed by atoms with E-state index in [1.807, 2.05) is 6.07 Å². The minimum atomic E-state index is -0.0823. The molecular weight excluding hydrogens is 230 g/mol. The van der Waals surface area contributed by atoms with Crippen LogP contribution < -0.4 is 5.73 Å². The molecule has 98 valence electrons. The quantitative estimate of drug-likeness (QED) is 0.848. The van der Waals surface area contributed by atoms with Gasteiger partial charge < -0.3 is 15.2 Å². The summed E-state index contributed by atoms with van der Waals surface area (Å²) in [4.78, 5) is 0. The second-order valence-corrected chi connectivity index (χ2v) is 5.29. The maximum absolute atomic E-state index is 6.36. The Morgan fingerprint density at radius 3 is 3.06 bits per heavy atom. The predicted octanol–water partition coefficient (Wildman–Crippen LogP) is 1.06. The number of hydrogen-bond acceptors (Lipinski definition) is 5. The Balaban J connectivity index is 1.72. The third-order valence-corrected chi connectivity index (χ3v) is 4.10. The SMILES string of the molecule is NC(c1ccnnc1)C1CCOC2(CCOC2)C1. The molecule has 0 aliphatic carbocycles. The summed E-state index contributed by atoms with van der Waals surface area (Å²) in [6.45, 7) is 2.30. The van der Waals surface area contributed by atoms with Gasteiger partial charge in [0.2, 0.25) is 0 Å². The highest BCUT2D eigenvalue weighted by molar-refractivity contribution is 5.13. The molecule has 5 nitrogen and oxygen atoms in total. The summed E-state index contributed by atoms with van der Waals surface area (Å²) in [6.07, 6.45) is 6.44. The Labute approximate surface area is 107 Å². The fourth-order valence-corrected chi connectivity index (χ4v) is 3.01. The molecule has 18 heavy (non-hydrogen) atoms. The van der Waals surface area contributed by atoms with Gasteiger partial charge in [-0.2, -0.15) is 10.2 Å². The lowest BCUT2D eigenvalue weighted by Crippen LogP contribution is -2.43. The highest BCUT2D eigenvalue weighted by Gasteiger charge is 2.42. The number of rotatable bonds is 2. The maximum Gasteiger partial charge on any atom is 0.0940 e. The standard InChI is InChI=1S/C13H19N3O2/c14-12(11-1-4-15-16-8-11)10-2-5-18-13(7-10)3-6-17-9-13/h1,4,8,10,12H,2-3,5-7,9,14H2. The van der Waals surface area contributed by atoms with Crippen LogP contribution in [0.3, 0.4) is 0 Å². The van der Waals surface area contributed by atoms with Gasteiger partial charge >= 0.3 is 0 Å². The van der Waals surface area contributed by atoms with Crippen LogP contribution in [-0.4, -0.2) is 35.6 Å². The van der Waals surface area contributed by atoms with Crippen molar-refractivity contribution in [3.8, 4) is 0 Å². The molecule has 3 rings (SSSR count). The van der Waals surface area contributed by atoms with Gasteiger partial charge in [0.15, 0.2) is 0 Å². The van der Waals surface area contributed by atoms with E-state index in [2.05, 4.69) is 10.2 Å². The van der Waals surface area contributed by atoms with Gasteiger partial charge in [-0.25, -0.2) is 0 Å². The molecule has 0 bridgehead atoms. The van der Waals surface area contributed by atoms with E-state index in [0.717, 1.165) is 38.0 Å². The summed E-state index contributed by atoms with van der Waals surface area (Å²) in [5, 5.41) is 7.70. The fourth-order valence-electron chi connectivity index (χ4n) is 3.01. The van der Waals surface area contributed by atoms with Crippen LogP contribution in [0.2, 0.25) is 0 Å². The third kappa shape index (κ3) is 2.25. The first kappa shape index (κ1) is 12.0. The van der Waals surface area contributed by atoms with Gasteiger partial charge in [0.05, 0.1) is 18.4 Å². The van der Waals surface area contributed by atoms with Gasteiger partial charge in [-0.3, -0.25) is 0 Å². The van der Waals surface area contributed by atoms with Gasteiger partial charge in [-0.15, -0.1) is 0 Å². The van der Waals surface area contributed by atoms with Gasteiger partial charge in [-0.1, -0.05) is 0 Å². The monoisotopic (exact) mass is 249 g/mol. The molecule has 0 aromatic carbocycles. The van der Waals surface area contributed by atoms with Crippen LogP contribution in [0.5, 0.6) is 0 Å². The highest BCUT2D eigenvalue weighted by Crippen LogP contribution is 2.39. The van der Waals surface area contributed by atoms with E-state index in [-0.39, 0.29) is 11.6 Å². The van der Waals surface area contributed by atoms with Gasteiger partial charge in [-0.05, 0) is 30.4 Å². The van der Waals surface area contributed by atoms with E-state index in [0.29, 0.717) is 12.5 Å². The second kappa shape index (κ2) is 4.91. The first-order valence-corrected chi connectivity index (χ1v) is 6.53. The minimum absolute atomic E-state index is 0.0156. The highest BCUT2D eigenvalue weighted by atomic mass is 16.6. The van der Waals surface area contributed by atoms with Gasteiger partial charge in [0.25, 0.3) is 0 Å². The average Bonchev–Trinajstić information content (AvgIpc) is 2.87. The van der Waals surface area contributed by atoms with Crippen molar-refractivity contribution in [3.05, 3.63) is 24.0 Å². The van der Waals surface area contributed by atoms with Crippen LogP contribution in [0.15, 0.2) is 18.5 Å². The molecule has 0 amide bonds. The van der Waals surface area contributed by atoms with Crippen molar-refractivity contribution in [1.82, 2.24) is 10.2 Å². The van der Waals surface area contributed by atoms with E-state index in [9.17, 15) is 0 Å². The number of nitrogens with two attached hydrogens (primary N) is 1. The van der Waals surface area contributed by atoms with Crippen molar-refractivity contribution in [2.45, 2.75) is 30.9 Å². The summed E-state index contributed by atoms with van der Waals surface area (Å²) in [5.74, 6) is 0.435. The topological polar surface area (TPSA) is 70.3 Å². The minimum Gasteiger partial charge on any atom is -0.378 e. The molecule has 0 radical (unpaired) electrons. The molecule has 2 fully saturated rings. The smallest absolute Gasteiger partial charge is 0.0940 e. The van der Waals surface area contributed by atoms with Crippen LogP contribution in [-0.2, 0) is 9.47 Å². The van der Waals surface area contributed by atoms with E-state index in [1.54, 1.807) is 12.4 Å². The average molecular weight is 249 g/mol. The molecule has 1 aromatic rings. The summed E-state index contributed by atoms with van der Waals surface area (Å²) >= 11 is 0. The molecule has 2 aliphatic rings. The Bertz CT molecular complexity index is 392. The van der Waals surface area contributed by atoms with Crippen LogP contribution >= 0.6 is 0 Å². The fraction of sp³-hybridized carbons (Fsp3) is 0.692. The molecular formula is C13H19N3O2. The van der Waals surface area contributed by atoms with E-state index < -0.39 is 0 Å². The lowest BCUT2D eigenvalue weighted by Gasteiger charge is -2.39. The largest absolute Gasteiger partial charge is 0.378 e. The number of ether oxygens (including phenoxy) is 2. The summed E-state index contributed by atoms with van der Waals surface area (Å²) in [6, 6.07) is 1.96. The zero-order valence-corrected chi connectivity index (χ0v) is 10.4. The van der Waals surface area contributed by atoms with Gasteiger partial charge in [0.1, 0.15) is 0 Å². The lowest BCUT2D eigenvalue weighted by molar-refractivity contribution is -0.101. The summed E-state index contributed by atoms with van der Waals surface area (Å²) in [5.41, 5.74) is 7.34. The predicted molar refractivity (Wildman–Crippen MR) is 65.8 cm³/mol. The maximum atomic E-state index is 6.36. The van der Waals surface area contributed by atoms with Crippen molar-refractivity contribution < 1.29 is 9.47 Å². The summed E-state index contributed by atoms with van der Waals surface area (Å²) in [7, 11) is 0. The Morgan fingerprint density at radius 1 is 1.39 bits per heavy atom. The number of aromatic nitrogens is 2. The van der Waals surface area contributed by atoms with E-state index in [1.165, 1.54) is 0 Å². The van der Waals surface area contributed by atoms with Crippen molar-refractivity contribution in [2.24, 2.45) is 11.7 Å². The lowest BCUT2D eigenvalue weighted by atomic mass is 9.79. The normalized spacial score (nSPS) is 33.7. The van der Waals surface area contributed by atoms with Crippen molar-refractivity contribution in [1.29, 1.82) is 0 Å². The Morgan fingerprint density at radius 2 is 2.33 bits per heavy atom. The molecule has 5 heteroatoms. The van der Waals surface area contributed by atoms with E-state index in [4.69, 9.17) is 15.2 Å². The zero-order chi connectivity index (χ0) is 12.4. The molecule has 3 unspecified atom stereocenters. The van der Waals surface area contributed by atoms with Crippen molar-refractivity contribution in [2.75, 3.05) is 19.8 Å². The van der Waals surface area contributed by atoms with Crippen LogP contribution in [0.1, 0.15) is 30.9 Å². The van der Waals surface area contributed by atoms with Crippen LogP contribution in [0.4, 0.5) is 0 Å². The number of hydrogen-bond donors (Lipinski definition) is 1. The van der Waals surface area contributed by atoms with Crippen molar-refractivity contribution in [3.63, 3.8) is 0 Å². The molecule has 1 aromatic heterocycles. The Kier molecular flexibility index (Phi) is 3.28. The Hall–Kier alpha value is -1.04. The molecule has 1 spiro atoms. The second-order valence-electron chi connectivity index (χ2n) is 5.29. The van der Waals surface area contributed by atoms with E-state index >= 15 is 0 Å². The summed E-state index contributed by atoms with van der Waals surface area (Å²) < 4.78 is 11.4. The molecule has 2 aliphatic heterocycles. The molecule has 0 saturated carbocycles. The third-order valence-electron chi connectivity index (χ3n) is 4.10. The first-order valence-electron chi connectivity index (χ1n) is 6.53. The molecule has 2 N–H and O–H groups in total. The molecule has 3 heterocycles. The first-order chi connectivity index (χ1) is 8.79. The molecule has 2 saturated heterocycles. The van der Waals surface area contributed by atoms with Crippen LogP contribution in [0, 0.1) is 5.92 Å².